The van der Waals surface area contributed by atoms with Crippen LogP contribution in [-0.4, -0.2) is 110 Å². The van der Waals surface area contributed by atoms with Crippen LogP contribution in [0.4, 0.5) is 0 Å². The average molecular weight is 449 g/mol. The highest BCUT2D eigenvalue weighted by molar-refractivity contribution is 7.09. The van der Waals surface area contributed by atoms with Crippen LogP contribution in [0.25, 0.3) is 0 Å². The molecule has 3 rings (SSSR count). The van der Waals surface area contributed by atoms with Gasteiger partial charge in [-0.1, -0.05) is 6.07 Å². The van der Waals surface area contributed by atoms with Gasteiger partial charge in [-0.2, -0.15) is 0 Å². The van der Waals surface area contributed by atoms with E-state index in [-0.39, 0.29) is 24.4 Å². The van der Waals surface area contributed by atoms with Crippen molar-refractivity contribution in [1.82, 2.24) is 24.9 Å². The third-order valence-electron chi connectivity index (χ3n) is 6.03. The Balaban J connectivity index is 1.55. The molecular formula is C22H36N6O2S. The van der Waals surface area contributed by atoms with E-state index in [0.29, 0.717) is 0 Å². The average Bonchev–Trinajstić information content (AvgIpc) is 3.49. The number of guanidine groups is 1. The predicted molar refractivity (Wildman–Crippen MR) is 125 cm³/mol. The van der Waals surface area contributed by atoms with Crippen LogP contribution in [0.15, 0.2) is 22.5 Å². The zero-order valence-electron chi connectivity index (χ0n) is 19.0. The first kappa shape index (κ1) is 23.5. The number of hydrogen-bond donors (Lipinski definition) is 1. The first-order chi connectivity index (χ1) is 15.0. The van der Waals surface area contributed by atoms with Gasteiger partial charge in [-0.3, -0.25) is 14.5 Å². The molecule has 1 N–H and O–H groups in total. The molecule has 2 amide bonds. The number of nitrogens with one attached hydrogen (secondary N) is 1. The summed E-state index contributed by atoms with van der Waals surface area (Å²) in [6, 6.07) is 4.12. The molecular weight excluding hydrogens is 412 g/mol. The van der Waals surface area contributed by atoms with Crippen molar-refractivity contribution in [2.75, 3.05) is 66.5 Å². The lowest BCUT2D eigenvalue weighted by atomic mass is 10.2. The number of rotatable bonds is 7. The van der Waals surface area contributed by atoms with Gasteiger partial charge in [0.05, 0.1) is 6.04 Å². The maximum atomic E-state index is 12.7. The summed E-state index contributed by atoms with van der Waals surface area (Å²) < 4.78 is 0. The van der Waals surface area contributed by atoms with E-state index in [1.807, 2.05) is 11.8 Å². The molecule has 0 aliphatic carbocycles. The van der Waals surface area contributed by atoms with Crippen LogP contribution >= 0.6 is 11.3 Å². The minimum absolute atomic E-state index is 0.0129. The van der Waals surface area contributed by atoms with Crippen molar-refractivity contribution >= 4 is 29.1 Å². The lowest BCUT2D eigenvalue weighted by Gasteiger charge is -2.39. The Bertz CT molecular complexity index is 737. The van der Waals surface area contributed by atoms with Gasteiger partial charge in [0.15, 0.2) is 5.96 Å². The van der Waals surface area contributed by atoms with Crippen molar-refractivity contribution in [3.05, 3.63) is 22.4 Å². The van der Waals surface area contributed by atoms with Crippen LogP contribution in [0.3, 0.4) is 0 Å². The monoisotopic (exact) mass is 448 g/mol. The van der Waals surface area contributed by atoms with Crippen molar-refractivity contribution < 1.29 is 9.59 Å². The Morgan fingerprint density at radius 3 is 2.45 bits per heavy atom. The van der Waals surface area contributed by atoms with Crippen LogP contribution in [0.5, 0.6) is 0 Å². The molecule has 1 aromatic rings. The number of aliphatic imine (C=N–C) groups is 1. The second-order valence-corrected chi connectivity index (χ2v) is 9.45. The fourth-order valence-corrected chi connectivity index (χ4v) is 4.69. The van der Waals surface area contributed by atoms with Gasteiger partial charge < -0.3 is 20.0 Å². The molecule has 1 unspecified atom stereocenters. The maximum absolute atomic E-state index is 12.7. The second-order valence-electron chi connectivity index (χ2n) is 8.42. The molecule has 1 atom stereocenters. The molecule has 9 heteroatoms. The van der Waals surface area contributed by atoms with Gasteiger partial charge in [-0.05, 0) is 37.6 Å². The van der Waals surface area contributed by atoms with Crippen molar-refractivity contribution in [2.24, 2.45) is 4.99 Å². The van der Waals surface area contributed by atoms with Gasteiger partial charge in [0.25, 0.3) is 0 Å². The smallest absolute Gasteiger partial charge is 0.243 e. The van der Waals surface area contributed by atoms with Gasteiger partial charge in [0, 0.05) is 64.8 Å². The summed E-state index contributed by atoms with van der Waals surface area (Å²) in [4.78, 5) is 38.8. The van der Waals surface area contributed by atoms with Crippen LogP contribution in [0, 0.1) is 0 Å². The molecule has 0 saturated carbocycles. The standard InChI is InChI=1S/C22H36N6O2S/c1-18(21(30)27-10-4-5-11-27)26-12-14-28(15-13-26)22(24-17-20(29)25(2)3)23-9-8-19-7-6-16-31-19/h6-7,16,18H,4-5,8-15,17H2,1-3H3,(H,23,24). The fourth-order valence-electron chi connectivity index (χ4n) is 3.98. The summed E-state index contributed by atoms with van der Waals surface area (Å²) in [5, 5.41) is 5.54. The van der Waals surface area contributed by atoms with Gasteiger partial charge >= 0.3 is 0 Å². The number of carbonyl (C=O) groups excluding carboxylic acids is 2. The zero-order valence-corrected chi connectivity index (χ0v) is 19.9. The zero-order chi connectivity index (χ0) is 22.2. The number of likely N-dealkylation sites (tertiary alicyclic amines) is 1. The molecule has 0 bridgehead atoms. The third-order valence-corrected chi connectivity index (χ3v) is 6.97. The minimum atomic E-state index is -0.0808. The molecule has 172 valence electrons. The molecule has 2 aliphatic rings. The summed E-state index contributed by atoms with van der Waals surface area (Å²) in [5.41, 5.74) is 0. The topological polar surface area (TPSA) is 71.5 Å². The van der Waals surface area contributed by atoms with Gasteiger partial charge in [0.2, 0.25) is 11.8 Å². The number of thiophene rings is 1. The molecule has 1 aromatic heterocycles. The van der Waals surface area contributed by atoms with Crippen molar-refractivity contribution in [2.45, 2.75) is 32.2 Å². The predicted octanol–water partition coefficient (Wildman–Crippen LogP) is 0.953. The summed E-state index contributed by atoms with van der Waals surface area (Å²) >= 11 is 1.75. The molecule has 0 aromatic carbocycles. The van der Waals surface area contributed by atoms with Crippen LogP contribution in [0.2, 0.25) is 0 Å². The summed E-state index contributed by atoms with van der Waals surface area (Å²) in [5.74, 6) is 1.02. The number of piperazine rings is 1. The van der Waals surface area contributed by atoms with E-state index in [1.54, 1.807) is 30.3 Å². The molecule has 0 spiro atoms. The number of likely N-dealkylation sites (N-methyl/N-ethyl adjacent to an activating group) is 1. The highest BCUT2D eigenvalue weighted by Gasteiger charge is 2.30. The van der Waals surface area contributed by atoms with Crippen LogP contribution in [0.1, 0.15) is 24.6 Å². The fraction of sp³-hybridized carbons (Fsp3) is 0.682. The van der Waals surface area contributed by atoms with E-state index in [9.17, 15) is 9.59 Å². The van der Waals surface area contributed by atoms with E-state index in [4.69, 9.17) is 0 Å². The van der Waals surface area contributed by atoms with E-state index in [2.05, 4.69) is 37.6 Å². The lowest BCUT2D eigenvalue weighted by molar-refractivity contribution is -0.135. The minimum Gasteiger partial charge on any atom is -0.356 e. The first-order valence-corrected chi connectivity index (χ1v) is 12.1. The third kappa shape index (κ3) is 6.67. The highest BCUT2D eigenvalue weighted by Crippen LogP contribution is 2.14. The van der Waals surface area contributed by atoms with Gasteiger partial charge in [-0.15, -0.1) is 11.3 Å². The molecule has 2 aliphatic heterocycles. The maximum Gasteiger partial charge on any atom is 0.243 e. The van der Waals surface area contributed by atoms with Crippen LogP contribution < -0.4 is 5.32 Å². The van der Waals surface area contributed by atoms with Gasteiger partial charge in [0.1, 0.15) is 6.54 Å². The van der Waals surface area contributed by atoms with Crippen molar-refractivity contribution in [3.8, 4) is 0 Å². The Hall–Kier alpha value is -2.13. The summed E-state index contributed by atoms with van der Waals surface area (Å²) in [7, 11) is 3.50. The molecule has 8 nitrogen and oxygen atoms in total. The normalized spacial score (nSPS) is 18.9. The molecule has 31 heavy (non-hydrogen) atoms. The lowest BCUT2D eigenvalue weighted by Crippen LogP contribution is -2.57. The summed E-state index contributed by atoms with van der Waals surface area (Å²) in [6.07, 6.45) is 3.17. The van der Waals surface area contributed by atoms with Crippen molar-refractivity contribution in [3.63, 3.8) is 0 Å². The Kier molecular flexibility index (Phi) is 8.71. The molecule has 0 radical (unpaired) electrons. The molecule has 3 heterocycles. The van der Waals surface area contributed by atoms with Gasteiger partial charge in [-0.25, -0.2) is 4.99 Å². The number of amides is 2. The van der Waals surface area contributed by atoms with E-state index in [1.165, 1.54) is 4.88 Å². The van der Waals surface area contributed by atoms with E-state index < -0.39 is 0 Å². The second kappa shape index (κ2) is 11.5. The first-order valence-electron chi connectivity index (χ1n) is 11.2. The Labute approximate surface area is 189 Å². The number of hydrogen-bond acceptors (Lipinski definition) is 5. The highest BCUT2D eigenvalue weighted by atomic mass is 32.1. The molecule has 2 fully saturated rings. The number of carbonyl (C=O) groups is 2. The Morgan fingerprint density at radius 2 is 1.84 bits per heavy atom. The SMILES string of the molecule is CC(C(=O)N1CCCC1)N1CCN(C(=NCC(=O)N(C)C)NCCc2cccs2)CC1. The van der Waals surface area contributed by atoms with E-state index in [0.717, 1.165) is 71.0 Å². The molecule has 2 saturated heterocycles. The summed E-state index contributed by atoms with van der Waals surface area (Å²) in [6.45, 7) is 7.94. The largest absolute Gasteiger partial charge is 0.356 e. The van der Waals surface area contributed by atoms with E-state index >= 15 is 0 Å². The van der Waals surface area contributed by atoms with Crippen molar-refractivity contribution in [1.29, 1.82) is 0 Å². The number of nitrogens with zero attached hydrogens (tertiary/aromatic N) is 5. The van der Waals surface area contributed by atoms with Crippen LogP contribution in [-0.2, 0) is 16.0 Å². The Morgan fingerprint density at radius 1 is 1.13 bits per heavy atom. The quantitative estimate of drug-likeness (QED) is 0.497.